The molecule has 3 aromatic carbocycles. The smallest absolute Gasteiger partial charge is 0.339 e. The Morgan fingerprint density at radius 2 is 1.23 bits per heavy atom. The summed E-state index contributed by atoms with van der Waals surface area (Å²) in [6.45, 7) is 5.50. The van der Waals surface area contributed by atoms with Crippen LogP contribution in [0.1, 0.15) is 16.7 Å². The van der Waals surface area contributed by atoms with E-state index in [4.69, 9.17) is 9.29 Å². The van der Waals surface area contributed by atoms with E-state index in [1.165, 1.54) is 0 Å². The van der Waals surface area contributed by atoms with Crippen LogP contribution in [0.2, 0.25) is 0 Å². The molecule has 0 saturated carbocycles. The monoisotopic (exact) mass is 370 g/mol. The van der Waals surface area contributed by atoms with Crippen molar-refractivity contribution in [2.75, 3.05) is 0 Å². The van der Waals surface area contributed by atoms with Gasteiger partial charge in [0.05, 0.1) is 0 Å². The minimum absolute atomic E-state index is 0.252. The molecule has 136 valence electrons. The summed E-state index contributed by atoms with van der Waals surface area (Å²) in [6, 6.07) is 20.9. The Hall–Kier alpha value is -2.79. The van der Waals surface area contributed by atoms with Crippen LogP contribution < -0.4 is 4.18 Å². The number of phenolic OH excluding ortho intramolecular Hbond substituents is 1. The molecule has 1 N–H and O–H groups in total. The molecule has 0 unspecified atom stereocenters. The number of hydrogen-bond acceptors (Lipinski definition) is 4. The Bertz CT molecular complexity index is 927. The highest BCUT2D eigenvalue weighted by molar-refractivity contribution is 7.87. The predicted molar refractivity (Wildman–Crippen MR) is 103 cm³/mol. The van der Waals surface area contributed by atoms with Crippen molar-refractivity contribution in [1.29, 1.82) is 0 Å². The Balaban J connectivity index is 0.000000290. The molecule has 0 fully saturated rings. The molecule has 3 rings (SSSR count). The van der Waals surface area contributed by atoms with Gasteiger partial charge in [-0.2, -0.15) is 8.42 Å². The third-order valence-electron chi connectivity index (χ3n) is 3.56. The molecule has 0 amide bonds. The third-order valence-corrected chi connectivity index (χ3v) is 5.12. The van der Waals surface area contributed by atoms with Crippen molar-refractivity contribution in [1.82, 2.24) is 0 Å². The van der Waals surface area contributed by atoms with Crippen LogP contribution >= 0.6 is 0 Å². The average molecular weight is 370 g/mol. The van der Waals surface area contributed by atoms with Crippen molar-refractivity contribution in [2.24, 2.45) is 0 Å². The van der Waals surface area contributed by atoms with Gasteiger partial charge in [-0.3, -0.25) is 0 Å². The zero-order chi connectivity index (χ0) is 19.2. The highest BCUT2D eigenvalue weighted by atomic mass is 32.2. The molecule has 0 atom stereocenters. The predicted octanol–water partition coefficient (Wildman–Crippen LogP) is 4.77. The van der Waals surface area contributed by atoms with Crippen molar-refractivity contribution in [2.45, 2.75) is 25.7 Å². The van der Waals surface area contributed by atoms with Gasteiger partial charge >= 0.3 is 10.1 Å². The van der Waals surface area contributed by atoms with Gasteiger partial charge in [-0.15, -0.1) is 0 Å². The number of phenols is 1. The summed E-state index contributed by atoms with van der Waals surface area (Å²) in [5.41, 5.74) is 2.44. The van der Waals surface area contributed by atoms with Crippen molar-refractivity contribution in [3.05, 3.63) is 89.5 Å². The Kier molecular flexibility index (Phi) is 6.41. The maximum absolute atomic E-state index is 12.3. The van der Waals surface area contributed by atoms with E-state index in [9.17, 15) is 8.42 Å². The van der Waals surface area contributed by atoms with Gasteiger partial charge in [0.15, 0.2) is 0 Å². The molecule has 0 aliphatic rings. The lowest BCUT2D eigenvalue weighted by molar-refractivity contribution is 0.475. The van der Waals surface area contributed by atoms with E-state index in [1.807, 2.05) is 31.2 Å². The van der Waals surface area contributed by atoms with Gasteiger partial charge in [0.2, 0.25) is 0 Å². The molecule has 0 aliphatic carbocycles. The van der Waals surface area contributed by atoms with Gasteiger partial charge in [-0.25, -0.2) is 0 Å². The molecule has 26 heavy (non-hydrogen) atoms. The summed E-state index contributed by atoms with van der Waals surface area (Å²) in [4.78, 5) is 0.252. The summed E-state index contributed by atoms with van der Waals surface area (Å²) in [5, 5.41) is 8.63. The van der Waals surface area contributed by atoms with Gasteiger partial charge in [0.25, 0.3) is 0 Å². The van der Waals surface area contributed by atoms with E-state index >= 15 is 0 Å². The maximum atomic E-state index is 12.3. The van der Waals surface area contributed by atoms with Crippen LogP contribution in [0.4, 0.5) is 0 Å². The largest absolute Gasteiger partial charge is 0.508 e. The second kappa shape index (κ2) is 8.54. The van der Waals surface area contributed by atoms with Crippen molar-refractivity contribution >= 4 is 10.1 Å². The zero-order valence-electron chi connectivity index (χ0n) is 15.0. The first-order chi connectivity index (χ1) is 12.3. The normalized spacial score (nSPS) is 10.6. The minimum atomic E-state index is -3.79. The second-order valence-electron chi connectivity index (χ2n) is 5.91. The van der Waals surface area contributed by atoms with Crippen LogP contribution in [-0.4, -0.2) is 13.5 Å². The lowest BCUT2D eigenvalue weighted by atomic mass is 10.1. The summed E-state index contributed by atoms with van der Waals surface area (Å²) >= 11 is 0. The average Bonchev–Trinajstić information content (AvgIpc) is 2.55. The number of benzene rings is 3. The van der Waals surface area contributed by atoms with Crippen LogP contribution in [-0.2, 0) is 10.1 Å². The molecular weight excluding hydrogens is 348 g/mol. The maximum Gasteiger partial charge on any atom is 0.339 e. The number of aromatic hydroxyl groups is 1. The Morgan fingerprint density at radius 3 is 1.65 bits per heavy atom. The van der Waals surface area contributed by atoms with Crippen LogP contribution in [0, 0.1) is 20.8 Å². The molecule has 0 saturated heterocycles. The number of aryl methyl sites for hydroxylation is 3. The summed E-state index contributed by atoms with van der Waals surface area (Å²) < 4.78 is 29.8. The van der Waals surface area contributed by atoms with Crippen molar-refractivity contribution < 1.29 is 17.7 Å². The molecule has 0 bridgehead atoms. The van der Waals surface area contributed by atoms with E-state index in [-0.39, 0.29) is 4.90 Å². The first kappa shape index (κ1) is 19.5. The minimum Gasteiger partial charge on any atom is -0.508 e. The number of rotatable bonds is 3. The van der Waals surface area contributed by atoms with Crippen LogP contribution in [0.25, 0.3) is 0 Å². The first-order valence-corrected chi connectivity index (χ1v) is 9.52. The fraction of sp³-hybridized carbons (Fsp3) is 0.143. The van der Waals surface area contributed by atoms with Crippen LogP contribution in [0.3, 0.4) is 0 Å². The van der Waals surface area contributed by atoms with Gasteiger partial charge in [0, 0.05) is 0 Å². The molecular formula is C21H22O4S. The molecule has 0 heterocycles. The van der Waals surface area contributed by atoms with Crippen LogP contribution in [0.15, 0.2) is 77.7 Å². The van der Waals surface area contributed by atoms with Gasteiger partial charge in [0.1, 0.15) is 16.4 Å². The van der Waals surface area contributed by atoms with Gasteiger partial charge < -0.3 is 9.29 Å². The summed E-state index contributed by atoms with van der Waals surface area (Å²) in [7, 11) is -3.79. The highest BCUT2D eigenvalue weighted by Gasteiger charge is 2.22. The topological polar surface area (TPSA) is 63.6 Å². The lowest BCUT2D eigenvalue weighted by Crippen LogP contribution is -2.13. The van der Waals surface area contributed by atoms with Gasteiger partial charge in [-0.05, 0) is 56.2 Å². The SMILES string of the molecule is Cc1cc(C)c(S(=O)(=O)Oc2ccccc2)c(C)c1.Oc1ccccc1. The quantitative estimate of drug-likeness (QED) is 0.675. The number of hydrogen-bond donors (Lipinski definition) is 1. The summed E-state index contributed by atoms with van der Waals surface area (Å²) in [6.07, 6.45) is 0. The number of para-hydroxylation sites is 2. The standard InChI is InChI=1S/C15H16O3S.C6H6O/c1-11-9-12(2)15(13(3)10-11)19(16,17)18-14-7-5-4-6-8-14;7-6-4-2-1-3-5-6/h4-10H,1-3H3;1-5,7H. The molecule has 0 radical (unpaired) electrons. The zero-order valence-corrected chi connectivity index (χ0v) is 15.8. The molecule has 0 aromatic heterocycles. The summed E-state index contributed by atoms with van der Waals surface area (Å²) in [5.74, 6) is 0.643. The third kappa shape index (κ3) is 5.36. The first-order valence-electron chi connectivity index (χ1n) is 8.11. The molecule has 5 heteroatoms. The molecule has 3 aromatic rings. The van der Waals surface area contributed by atoms with Crippen molar-refractivity contribution in [3.8, 4) is 11.5 Å². The van der Waals surface area contributed by atoms with E-state index in [0.29, 0.717) is 22.6 Å². The molecule has 0 aliphatic heterocycles. The Labute approximate surface area is 154 Å². The molecule has 0 spiro atoms. The fourth-order valence-electron chi connectivity index (χ4n) is 2.63. The lowest BCUT2D eigenvalue weighted by Gasteiger charge is -2.12. The molecule has 4 nitrogen and oxygen atoms in total. The van der Waals surface area contributed by atoms with Gasteiger partial charge in [-0.1, -0.05) is 54.1 Å². The highest BCUT2D eigenvalue weighted by Crippen LogP contribution is 2.25. The van der Waals surface area contributed by atoms with E-state index in [1.54, 1.807) is 62.4 Å². The van der Waals surface area contributed by atoms with Crippen molar-refractivity contribution in [3.63, 3.8) is 0 Å². The van der Waals surface area contributed by atoms with Crippen LogP contribution in [0.5, 0.6) is 11.5 Å². The fourth-order valence-corrected chi connectivity index (χ4v) is 3.99. The van der Waals surface area contributed by atoms with E-state index in [2.05, 4.69) is 0 Å². The Morgan fingerprint density at radius 1 is 0.769 bits per heavy atom. The second-order valence-corrected chi connectivity index (χ2v) is 7.40. The van der Waals surface area contributed by atoms with E-state index < -0.39 is 10.1 Å². The van der Waals surface area contributed by atoms with E-state index in [0.717, 1.165) is 5.56 Å².